The number of hydrogen-bond donors (Lipinski definition) is 0. The quantitative estimate of drug-likeness (QED) is 0.707. The maximum Gasteiger partial charge on any atom is 0.0961 e. The van der Waals surface area contributed by atoms with E-state index >= 15 is 0 Å². The molecule has 17 heavy (non-hydrogen) atoms. The third kappa shape index (κ3) is 3.82. The van der Waals surface area contributed by atoms with Crippen molar-refractivity contribution < 1.29 is 4.74 Å². The highest BCUT2D eigenvalue weighted by molar-refractivity contribution is 5.16. The Morgan fingerprint density at radius 3 is 2.94 bits per heavy atom. The smallest absolute Gasteiger partial charge is 0.0961 e. The first-order valence-corrected chi connectivity index (χ1v) is 6.16. The van der Waals surface area contributed by atoms with Crippen LogP contribution in [-0.2, 0) is 11.2 Å². The molecule has 0 saturated carbocycles. The fourth-order valence-corrected chi connectivity index (χ4v) is 1.90. The molecule has 1 unspecified atom stereocenters. The van der Waals surface area contributed by atoms with E-state index in [4.69, 9.17) is 4.74 Å². The van der Waals surface area contributed by atoms with Gasteiger partial charge in [-0.3, -0.25) is 5.01 Å². The second-order valence-electron chi connectivity index (χ2n) is 4.16. The van der Waals surface area contributed by atoms with Crippen LogP contribution in [0.4, 0.5) is 0 Å². The summed E-state index contributed by atoms with van der Waals surface area (Å²) in [4.78, 5) is 0. The predicted molar refractivity (Wildman–Crippen MR) is 66.9 cm³/mol. The van der Waals surface area contributed by atoms with Crippen molar-refractivity contribution in [1.29, 1.82) is 0 Å². The van der Waals surface area contributed by atoms with Crippen LogP contribution in [0.2, 0.25) is 0 Å². The van der Waals surface area contributed by atoms with Gasteiger partial charge in [-0.1, -0.05) is 35.6 Å². The highest BCUT2D eigenvalue weighted by Crippen LogP contribution is 2.13. The molecular formula is C13H19N3O. The van der Waals surface area contributed by atoms with Gasteiger partial charge in [0.05, 0.1) is 25.7 Å². The van der Waals surface area contributed by atoms with E-state index < -0.39 is 0 Å². The second-order valence-corrected chi connectivity index (χ2v) is 4.16. The van der Waals surface area contributed by atoms with Gasteiger partial charge in [-0.25, -0.2) is 0 Å². The molecule has 0 spiro atoms. The summed E-state index contributed by atoms with van der Waals surface area (Å²) < 4.78 is 5.31. The van der Waals surface area contributed by atoms with Crippen LogP contribution >= 0.6 is 0 Å². The van der Waals surface area contributed by atoms with E-state index in [1.165, 1.54) is 5.56 Å². The third-order valence-corrected chi connectivity index (χ3v) is 2.77. The van der Waals surface area contributed by atoms with Gasteiger partial charge < -0.3 is 4.74 Å². The predicted octanol–water partition coefficient (Wildman–Crippen LogP) is 2.32. The zero-order valence-electron chi connectivity index (χ0n) is 10.2. The number of hydrogen-bond acceptors (Lipinski definition) is 4. The van der Waals surface area contributed by atoms with Crippen LogP contribution in [0.5, 0.6) is 0 Å². The van der Waals surface area contributed by atoms with Crippen LogP contribution in [-0.4, -0.2) is 37.4 Å². The summed E-state index contributed by atoms with van der Waals surface area (Å²) in [5, 5.41) is 10.4. The highest BCUT2D eigenvalue weighted by atomic mass is 16.5. The van der Waals surface area contributed by atoms with Crippen LogP contribution in [0.15, 0.2) is 40.7 Å². The largest absolute Gasteiger partial charge is 0.380 e. The van der Waals surface area contributed by atoms with E-state index in [2.05, 4.69) is 34.6 Å². The standard InChI is InChI=1S/C13H19N3O/c1-2-17-9-8-16-11-13(14-15-16)10-12-6-4-3-5-7-12/h3-7,13H,2,8-11H2,1H3. The lowest BCUT2D eigenvalue weighted by Crippen LogP contribution is -2.25. The molecule has 92 valence electrons. The van der Waals surface area contributed by atoms with Gasteiger partial charge in [0.15, 0.2) is 0 Å². The Morgan fingerprint density at radius 1 is 1.35 bits per heavy atom. The molecule has 4 nitrogen and oxygen atoms in total. The molecule has 0 saturated heterocycles. The first-order chi connectivity index (χ1) is 8.38. The summed E-state index contributed by atoms with van der Waals surface area (Å²) in [6.45, 7) is 5.24. The molecular weight excluding hydrogens is 214 g/mol. The fourth-order valence-electron chi connectivity index (χ4n) is 1.90. The average Bonchev–Trinajstić information content (AvgIpc) is 2.79. The Hall–Kier alpha value is -1.42. The minimum Gasteiger partial charge on any atom is -0.380 e. The van der Waals surface area contributed by atoms with Crippen LogP contribution in [0, 0.1) is 0 Å². The highest BCUT2D eigenvalue weighted by Gasteiger charge is 2.18. The first-order valence-electron chi connectivity index (χ1n) is 6.16. The molecule has 1 aliphatic rings. The van der Waals surface area contributed by atoms with E-state index in [-0.39, 0.29) is 0 Å². The van der Waals surface area contributed by atoms with Gasteiger partial charge in [0, 0.05) is 6.61 Å². The van der Waals surface area contributed by atoms with Crippen LogP contribution in [0.3, 0.4) is 0 Å². The Morgan fingerprint density at radius 2 is 2.18 bits per heavy atom. The van der Waals surface area contributed by atoms with Crippen molar-refractivity contribution in [2.45, 2.75) is 19.4 Å². The van der Waals surface area contributed by atoms with Crippen molar-refractivity contribution in [2.24, 2.45) is 10.3 Å². The molecule has 0 fully saturated rings. The molecule has 0 aliphatic carbocycles. The molecule has 1 aliphatic heterocycles. The van der Waals surface area contributed by atoms with Gasteiger partial charge in [-0.2, -0.15) is 5.11 Å². The molecule has 1 heterocycles. The average molecular weight is 233 g/mol. The zero-order chi connectivity index (χ0) is 11.9. The molecule has 0 amide bonds. The van der Waals surface area contributed by atoms with Crippen LogP contribution < -0.4 is 0 Å². The van der Waals surface area contributed by atoms with Crippen molar-refractivity contribution in [1.82, 2.24) is 5.01 Å². The van der Waals surface area contributed by atoms with Crippen molar-refractivity contribution in [3.8, 4) is 0 Å². The Balaban J connectivity index is 1.74. The molecule has 0 bridgehead atoms. The monoisotopic (exact) mass is 233 g/mol. The normalized spacial score (nSPS) is 18.9. The molecule has 1 aromatic carbocycles. The van der Waals surface area contributed by atoms with E-state index in [9.17, 15) is 0 Å². The first kappa shape index (κ1) is 12.0. The van der Waals surface area contributed by atoms with E-state index in [1.807, 2.05) is 18.0 Å². The maximum absolute atomic E-state index is 5.31. The Kier molecular flexibility index (Phi) is 4.50. The van der Waals surface area contributed by atoms with Gasteiger partial charge in [0.25, 0.3) is 0 Å². The SMILES string of the molecule is CCOCCN1CC(Cc2ccccc2)N=N1. The summed E-state index contributed by atoms with van der Waals surface area (Å²) in [5.74, 6) is 0. The van der Waals surface area contributed by atoms with Crippen molar-refractivity contribution in [3.05, 3.63) is 35.9 Å². The summed E-state index contributed by atoms with van der Waals surface area (Å²) in [6.07, 6.45) is 0.968. The van der Waals surface area contributed by atoms with Gasteiger partial charge in [0.1, 0.15) is 0 Å². The van der Waals surface area contributed by atoms with Gasteiger partial charge in [0.2, 0.25) is 0 Å². The number of ether oxygens (including phenoxy) is 1. The Labute approximate surface area is 102 Å². The van der Waals surface area contributed by atoms with E-state index in [0.29, 0.717) is 6.04 Å². The molecule has 1 atom stereocenters. The minimum atomic E-state index is 0.291. The molecule has 0 N–H and O–H groups in total. The molecule has 4 heteroatoms. The van der Waals surface area contributed by atoms with Crippen LogP contribution in [0.25, 0.3) is 0 Å². The zero-order valence-corrected chi connectivity index (χ0v) is 10.2. The topological polar surface area (TPSA) is 37.2 Å². The lowest BCUT2D eigenvalue weighted by molar-refractivity contribution is 0.117. The van der Waals surface area contributed by atoms with Gasteiger partial charge >= 0.3 is 0 Å². The maximum atomic E-state index is 5.31. The molecule has 1 aromatic rings. The summed E-state index contributed by atoms with van der Waals surface area (Å²) in [5.41, 5.74) is 1.32. The second kappa shape index (κ2) is 6.35. The Bertz CT molecular complexity index is 353. The lowest BCUT2D eigenvalue weighted by Gasteiger charge is -2.13. The van der Waals surface area contributed by atoms with Crippen molar-refractivity contribution >= 4 is 0 Å². The van der Waals surface area contributed by atoms with E-state index in [1.54, 1.807) is 0 Å². The van der Waals surface area contributed by atoms with Crippen molar-refractivity contribution in [2.75, 3.05) is 26.3 Å². The molecule has 2 rings (SSSR count). The lowest BCUT2D eigenvalue weighted by atomic mass is 10.1. The number of nitrogens with zero attached hydrogens (tertiary/aromatic N) is 3. The molecule has 0 aromatic heterocycles. The van der Waals surface area contributed by atoms with Crippen LogP contribution in [0.1, 0.15) is 12.5 Å². The number of benzene rings is 1. The van der Waals surface area contributed by atoms with E-state index in [0.717, 1.165) is 32.7 Å². The minimum absolute atomic E-state index is 0.291. The van der Waals surface area contributed by atoms with Gasteiger partial charge in [-0.05, 0) is 18.9 Å². The summed E-state index contributed by atoms with van der Waals surface area (Å²) >= 11 is 0. The fraction of sp³-hybridized carbons (Fsp3) is 0.538. The summed E-state index contributed by atoms with van der Waals surface area (Å²) in [6, 6.07) is 10.7. The molecule has 0 radical (unpaired) electrons. The number of rotatable bonds is 6. The van der Waals surface area contributed by atoms with Gasteiger partial charge in [-0.15, -0.1) is 0 Å². The summed E-state index contributed by atoms with van der Waals surface area (Å²) in [7, 11) is 0. The third-order valence-electron chi connectivity index (χ3n) is 2.77. The van der Waals surface area contributed by atoms with Crippen molar-refractivity contribution in [3.63, 3.8) is 0 Å².